The number of benzene rings is 1. The minimum absolute atomic E-state index is 0.0412. The van der Waals surface area contributed by atoms with E-state index in [-0.39, 0.29) is 23.9 Å². The summed E-state index contributed by atoms with van der Waals surface area (Å²) in [6.45, 7) is 6.14. The normalized spacial score (nSPS) is 19.4. The summed E-state index contributed by atoms with van der Waals surface area (Å²) in [5.41, 5.74) is 3.00. The van der Waals surface area contributed by atoms with Crippen molar-refractivity contribution in [3.05, 3.63) is 52.2 Å². The standard InChI is InChI=1S/C20H23N3O2S/c1-13(2)21-20(25)23-11-17(16-5-3-4-6-18(16)23)15-9-22(10-15)19(24)14-7-8-26-12-14/h3-8,12-13,15,17H,9-11H2,1-2H3,(H,21,25)/t17-/m0/s1. The first-order valence-corrected chi connectivity index (χ1v) is 9.97. The lowest BCUT2D eigenvalue weighted by molar-refractivity contribution is 0.0457. The number of para-hydroxylation sites is 1. The Hall–Kier alpha value is -2.34. The van der Waals surface area contributed by atoms with Crippen LogP contribution in [0, 0.1) is 5.92 Å². The largest absolute Gasteiger partial charge is 0.338 e. The summed E-state index contributed by atoms with van der Waals surface area (Å²) in [6.07, 6.45) is 0. The molecule has 0 unspecified atom stereocenters. The molecule has 4 rings (SSSR count). The van der Waals surface area contributed by atoms with Gasteiger partial charge in [-0.05, 0) is 36.9 Å². The van der Waals surface area contributed by atoms with Gasteiger partial charge in [0, 0.05) is 48.6 Å². The van der Waals surface area contributed by atoms with E-state index in [9.17, 15) is 9.59 Å². The molecule has 1 fully saturated rings. The zero-order valence-corrected chi connectivity index (χ0v) is 15.8. The molecule has 0 bridgehead atoms. The average Bonchev–Trinajstić information content (AvgIpc) is 3.21. The van der Waals surface area contributed by atoms with Crippen LogP contribution < -0.4 is 10.2 Å². The van der Waals surface area contributed by atoms with Crippen molar-refractivity contribution in [3.8, 4) is 0 Å². The first-order valence-electron chi connectivity index (χ1n) is 9.03. The van der Waals surface area contributed by atoms with Gasteiger partial charge < -0.3 is 10.2 Å². The number of anilines is 1. The third kappa shape index (κ3) is 2.98. The zero-order chi connectivity index (χ0) is 18.3. The molecule has 3 heterocycles. The van der Waals surface area contributed by atoms with Crippen molar-refractivity contribution in [2.24, 2.45) is 5.92 Å². The Kier molecular flexibility index (Phi) is 4.44. The second kappa shape index (κ2) is 6.76. The molecule has 6 heteroatoms. The van der Waals surface area contributed by atoms with Crippen LogP contribution in [0.5, 0.6) is 0 Å². The maximum atomic E-state index is 12.6. The number of thiophene rings is 1. The molecular weight excluding hydrogens is 346 g/mol. The van der Waals surface area contributed by atoms with Crippen LogP contribution in [0.1, 0.15) is 35.7 Å². The predicted molar refractivity (Wildman–Crippen MR) is 104 cm³/mol. The molecule has 1 aromatic carbocycles. The molecule has 0 aliphatic carbocycles. The van der Waals surface area contributed by atoms with Crippen molar-refractivity contribution in [2.45, 2.75) is 25.8 Å². The van der Waals surface area contributed by atoms with Crippen LogP contribution >= 0.6 is 11.3 Å². The third-order valence-electron chi connectivity index (χ3n) is 5.20. The molecule has 2 aliphatic heterocycles. The van der Waals surface area contributed by atoms with Gasteiger partial charge in [0.25, 0.3) is 5.91 Å². The highest BCUT2D eigenvalue weighted by Gasteiger charge is 2.43. The van der Waals surface area contributed by atoms with E-state index in [4.69, 9.17) is 0 Å². The molecule has 2 aromatic rings. The number of nitrogens with one attached hydrogen (secondary N) is 1. The second-order valence-electron chi connectivity index (χ2n) is 7.36. The summed E-state index contributed by atoms with van der Waals surface area (Å²) in [7, 11) is 0. The molecule has 3 amide bonds. The van der Waals surface area contributed by atoms with Crippen molar-refractivity contribution >= 4 is 29.0 Å². The molecular formula is C20H23N3O2S. The van der Waals surface area contributed by atoms with Crippen LogP contribution in [0.4, 0.5) is 10.5 Å². The highest BCUT2D eigenvalue weighted by Crippen LogP contribution is 2.43. The summed E-state index contributed by atoms with van der Waals surface area (Å²) in [6, 6.07) is 10.1. The van der Waals surface area contributed by atoms with Gasteiger partial charge in [-0.1, -0.05) is 18.2 Å². The van der Waals surface area contributed by atoms with E-state index in [1.807, 2.05) is 58.7 Å². The summed E-state index contributed by atoms with van der Waals surface area (Å²) in [5, 5.41) is 6.83. The van der Waals surface area contributed by atoms with Crippen molar-refractivity contribution in [1.82, 2.24) is 10.2 Å². The molecule has 1 saturated heterocycles. The molecule has 0 saturated carbocycles. The minimum atomic E-state index is -0.0412. The molecule has 1 aromatic heterocycles. The number of hydrogen-bond donors (Lipinski definition) is 1. The van der Waals surface area contributed by atoms with Gasteiger partial charge in [0.1, 0.15) is 0 Å². The molecule has 136 valence electrons. The lowest BCUT2D eigenvalue weighted by atomic mass is 9.82. The Bertz CT molecular complexity index is 812. The zero-order valence-electron chi connectivity index (χ0n) is 15.0. The van der Waals surface area contributed by atoms with Crippen LogP contribution in [-0.2, 0) is 0 Å². The predicted octanol–water partition coefficient (Wildman–Crippen LogP) is 3.54. The van der Waals surface area contributed by atoms with Gasteiger partial charge in [-0.3, -0.25) is 9.69 Å². The maximum absolute atomic E-state index is 12.6. The van der Waals surface area contributed by atoms with E-state index in [1.165, 1.54) is 5.56 Å². The van der Waals surface area contributed by atoms with Crippen LogP contribution in [0.3, 0.4) is 0 Å². The quantitative estimate of drug-likeness (QED) is 0.900. The van der Waals surface area contributed by atoms with E-state index in [0.29, 0.717) is 12.5 Å². The lowest BCUT2D eigenvalue weighted by Crippen LogP contribution is -2.53. The molecule has 5 nitrogen and oxygen atoms in total. The molecule has 26 heavy (non-hydrogen) atoms. The summed E-state index contributed by atoms with van der Waals surface area (Å²) in [5.74, 6) is 0.800. The molecule has 1 N–H and O–H groups in total. The number of carbonyl (C=O) groups excluding carboxylic acids is 2. The fraction of sp³-hybridized carbons (Fsp3) is 0.400. The number of nitrogens with zero attached hydrogens (tertiary/aromatic N) is 2. The first kappa shape index (κ1) is 17.1. The smallest absolute Gasteiger partial charge is 0.322 e. The van der Waals surface area contributed by atoms with Crippen molar-refractivity contribution < 1.29 is 9.59 Å². The molecule has 0 spiro atoms. The number of fused-ring (bicyclic) bond motifs is 1. The number of urea groups is 1. The minimum Gasteiger partial charge on any atom is -0.338 e. The summed E-state index contributed by atoms with van der Waals surface area (Å²) >= 11 is 1.55. The van der Waals surface area contributed by atoms with Gasteiger partial charge in [0.2, 0.25) is 0 Å². The maximum Gasteiger partial charge on any atom is 0.322 e. The number of hydrogen-bond acceptors (Lipinski definition) is 3. The first-order chi connectivity index (χ1) is 12.5. The van der Waals surface area contributed by atoms with Crippen LogP contribution in [-0.4, -0.2) is 42.5 Å². The van der Waals surface area contributed by atoms with Crippen LogP contribution in [0.2, 0.25) is 0 Å². The van der Waals surface area contributed by atoms with Gasteiger partial charge in [-0.15, -0.1) is 0 Å². The van der Waals surface area contributed by atoms with Gasteiger partial charge in [-0.25, -0.2) is 4.79 Å². The van der Waals surface area contributed by atoms with E-state index < -0.39 is 0 Å². The Morgan fingerprint density at radius 3 is 2.62 bits per heavy atom. The Morgan fingerprint density at radius 2 is 1.92 bits per heavy atom. The summed E-state index contributed by atoms with van der Waals surface area (Å²) < 4.78 is 0. The monoisotopic (exact) mass is 369 g/mol. The lowest BCUT2D eigenvalue weighted by Gasteiger charge is -2.42. The number of amides is 3. The number of carbonyl (C=O) groups is 2. The van der Waals surface area contributed by atoms with Gasteiger partial charge in [0.15, 0.2) is 0 Å². The fourth-order valence-electron chi connectivity index (χ4n) is 3.86. The number of likely N-dealkylation sites (tertiary alicyclic amines) is 1. The Morgan fingerprint density at radius 1 is 1.15 bits per heavy atom. The van der Waals surface area contributed by atoms with Crippen LogP contribution in [0.15, 0.2) is 41.1 Å². The SMILES string of the molecule is CC(C)NC(=O)N1C[C@@H](C2CN(C(=O)c3ccsc3)C2)c2ccccc21. The van der Waals surface area contributed by atoms with Crippen molar-refractivity contribution in [1.29, 1.82) is 0 Å². The molecule has 0 radical (unpaired) electrons. The van der Waals surface area contributed by atoms with Gasteiger partial charge in [-0.2, -0.15) is 11.3 Å². The average molecular weight is 369 g/mol. The van der Waals surface area contributed by atoms with E-state index in [1.54, 1.807) is 11.3 Å². The van der Waals surface area contributed by atoms with Gasteiger partial charge in [0.05, 0.1) is 5.56 Å². The third-order valence-corrected chi connectivity index (χ3v) is 5.88. The fourth-order valence-corrected chi connectivity index (χ4v) is 4.49. The van der Waals surface area contributed by atoms with E-state index in [2.05, 4.69) is 11.4 Å². The molecule has 2 aliphatic rings. The Balaban J connectivity index is 1.47. The topological polar surface area (TPSA) is 52.7 Å². The van der Waals surface area contributed by atoms with E-state index in [0.717, 1.165) is 24.3 Å². The number of rotatable bonds is 3. The van der Waals surface area contributed by atoms with Crippen molar-refractivity contribution in [2.75, 3.05) is 24.5 Å². The summed E-state index contributed by atoms with van der Waals surface area (Å²) in [4.78, 5) is 28.8. The highest BCUT2D eigenvalue weighted by molar-refractivity contribution is 7.08. The highest BCUT2D eigenvalue weighted by atomic mass is 32.1. The second-order valence-corrected chi connectivity index (χ2v) is 8.14. The van der Waals surface area contributed by atoms with Gasteiger partial charge >= 0.3 is 6.03 Å². The van der Waals surface area contributed by atoms with E-state index >= 15 is 0 Å². The van der Waals surface area contributed by atoms with Crippen molar-refractivity contribution in [3.63, 3.8) is 0 Å². The molecule has 1 atom stereocenters. The Labute approximate surface area is 157 Å². The van der Waals surface area contributed by atoms with Crippen LogP contribution in [0.25, 0.3) is 0 Å².